The van der Waals surface area contributed by atoms with Crippen molar-refractivity contribution in [1.82, 2.24) is 4.31 Å². The molecule has 1 N–H and O–H groups in total. The van der Waals surface area contributed by atoms with Crippen LogP contribution in [-0.4, -0.2) is 37.0 Å². The Kier molecular flexibility index (Phi) is 5.57. The van der Waals surface area contributed by atoms with Crippen LogP contribution in [0.5, 0.6) is 0 Å². The molecule has 0 fully saturated rings. The lowest BCUT2D eigenvalue weighted by Crippen LogP contribution is -2.44. The predicted molar refractivity (Wildman–Crippen MR) is 84.5 cm³/mol. The summed E-state index contributed by atoms with van der Waals surface area (Å²) in [4.78, 5) is 0.263. The lowest BCUT2D eigenvalue weighted by Gasteiger charge is -2.33. The van der Waals surface area contributed by atoms with Crippen molar-refractivity contribution in [3.63, 3.8) is 0 Å². The maximum atomic E-state index is 12.7. The lowest BCUT2D eigenvalue weighted by molar-refractivity contribution is 0.257. The minimum atomic E-state index is -3.53. The molecule has 0 radical (unpaired) electrons. The smallest absolute Gasteiger partial charge is 0.243 e. The number of hydrogen-bond acceptors (Lipinski definition) is 3. The first kappa shape index (κ1) is 17.7. The number of aryl methyl sites for hydroxylation is 1. The van der Waals surface area contributed by atoms with Gasteiger partial charge in [-0.05, 0) is 51.0 Å². The summed E-state index contributed by atoms with van der Waals surface area (Å²) in [6, 6.07) is 4.86. The Morgan fingerprint density at radius 3 is 2.43 bits per heavy atom. The summed E-state index contributed by atoms with van der Waals surface area (Å²) >= 11 is 0. The molecule has 4 nitrogen and oxygen atoms in total. The molecule has 0 heterocycles. The molecule has 0 aliphatic rings. The molecule has 1 aromatic carbocycles. The molecule has 0 bridgehead atoms. The molecule has 1 aromatic rings. The van der Waals surface area contributed by atoms with Crippen LogP contribution < -0.4 is 0 Å². The summed E-state index contributed by atoms with van der Waals surface area (Å²) in [5.74, 6) is 5.37. The van der Waals surface area contributed by atoms with E-state index in [0.717, 1.165) is 17.5 Å². The molecule has 0 amide bonds. The van der Waals surface area contributed by atoms with Gasteiger partial charge in [0.2, 0.25) is 10.0 Å². The largest absolute Gasteiger partial charge is 0.384 e. The monoisotopic (exact) mass is 309 g/mol. The Morgan fingerprint density at radius 1 is 1.33 bits per heavy atom. The molecule has 0 spiro atoms. The molecular weight excluding hydrogens is 286 g/mol. The summed E-state index contributed by atoms with van der Waals surface area (Å²) in [5, 5.41) is 8.72. The van der Waals surface area contributed by atoms with E-state index in [4.69, 9.17) is 5.11 Å². The predicted octanol–water partition coefficient (Wildman–Crippen LogP) is 2.15. The van der Waals surface area contributed by atoms with Crippen molar-refractivity contribution in [3.05, 3.63) is 29.3 Å². The van der Waals surface area contributed by atoms with Gasteiger partial charge in [0, 0.05) is 18.2 Å². The summed E-state index contributed by atoms with van der Waals surface area (Å²) < 4.78 is 26.7. The molecule has 0 aliphatic heterocycles. The van der Waals surface area contributed by atoms with Crippen LogP contribution in [0.15, 0.2) is 23.1 Å². The van der Waals surface area contributed by atoms with Crippen LogP contribution in [0.3, 0.4) is 0 Å². The molecule has 5 heteroatoms. The molecule has 0 aliphatic carbocycles. The third-order valence-electron chi connectivity index (χ3n) is 3.88. The topological polar surface area (TPSA) is 57.6 Å². The van der Waals surface area contributed by atoms with E-state index in [0.29, 0.717) is 0 Å². The van der Waals surface area contributed by atoms with Crippen molar-refractivity contribution in [2.45, 2.75) is 44.6 Å². The summed E-state index contributed by atoms with van der Waals surface area (Å²) in [6.45, 7) is 7.36. The van der Waals surface area contributed by atoms with Crippen LogP contribution in [0.4, 0.5) is 0 Å². The Balaban J connectivity index is 3.25. The van der Waals surface area contributed by atoms with E-state index in [9.17, 15) is 8.42 Å². The SMILES string of the molecule is CCC(C)(C)N(C)S(=O)(=O)c1ccc(C#CCO)c(C)c1. The van der Waals surface area contributed by atoms with Gasteiger partial charge in [-0.2, -0.15) is 4.31 Å². The van der Waals surface area contributed by atoms with Gasteiger partial charge in [0.15, 0.2) is 0 Å². The van der Waals surface area contributed by atoms with Crippen LogP contribution in [0.25, 0.3) is 0 Å². The van der Waals surface area contributed by atoms with Crippen LogP contribution in [-0.2, 0) is 10.0 Å². The number of aliphatic hydroxyl groups excluding tert-OH is 1. The highest BCUT2D eigenvalue weighted by molar-refractivity contribution is 7.89. The fraction of sp³-hybridized carbons (Fsp3) is 0.500. The highest BCUT2D eigenvalue weighted by atomic mass is 32.2. The van der Waals surface area contributed by atoms with E-state index in [-0.39, 0.29) is 11.5 Å². The Bertz CT molecular complexity index is 666. The third-order valence-corrected chi connectivity index (χ3v) is 5.94. The lowest BCUT2D eigenvalue weighted by atomic mass is 10.0. The van der Waals surface area contributed by atoms with Crippen molar-refractivity contribution in [2.24, 2.45) is 0 Å². The Morgan fingerprint density at radius 2 is 1.95 bits per heavy atom. The number of benzene rings is 1. The van der Waals surface area contributed by atoms with Crippen LogP contribution >= 0.6 is 0 Å². The average molecular weight is 309 g/mol. The minimum absolute atomic E-state index is 0.215. The number of sulfonamides is 1. The van der Waals surface area contributed by atoms with E-state index in [1.165, 1.54) is 4.31 Å². The number of nitrogens with zero attached hydrogens (tertiary/aromatic N) is 1. The van der Waals surface area contributed by atoms with Crippen molar-refractivity contribution in [2.75, 3.05) is 13.7 Å². The van der Waals surface area contributed by atoms with Gasteiger partial charge in [-0.15, -0.1) is 0 Å². The summed E-state index contributed by atoms with van der Waals surface area (Å²) in [7, 11) is -1.93. The maximum Gasteiger partial charge on any atom is 0.243 e. The number of rotatable bonds is 4. The second-order valence-electron chi connectivity index (χ2n) is 5.58. The molecule has 21 heavy (non-hydrogen) atoms. The second-order valence-corrected chi connectivity index (χ2v) is 7.54. The molecule has 0 aromatic heterocycles. The van der Waals surface area contributed by atoms with Crippen LogP contribution in [0, 0.1) is 18.8 Å². The minimum Gasteiger partial charge on any atom is -0.384 e. The first-order chi connectivity index (χ1) is 9.66. The normalized spacial score (nSPS) is 12.1. The number of hydrogen-bond donors (Lipinski definition) is 1. The first-order valence-electron chi connectivity index (χ1n) is 6.86. The van der Waals surface area contributed by atoms with Gasteiger partial charge in [-0.3, -0.25) is 0 Å². The van der Waals surface area contributed by atoms with Crippen molar-refractivity contribution >= 4 is 10.0 Å². The molecule has 116 valence electrons. The molecular formula is C16H23NO3S. The van der Waals surface area contributed by atoms with Crippen molar-refractivity contribution in [3.8, 4) is 11.8 Å². The molecule has 0 saturated heterocycles. The van der Waals surface area contributed by atoms with E-state index in [1.807, 2.05) is 27.7 Å². The van der Waals surface area contributed by atoms with Crippen LogP contribution in [0.2, 0.25) is 0 Å². The molecule has 0 atom stereocenters. The van der Waals surface area contributed by atoms with Crippen LogP contribution in [0.1, 0.15) is 38.3 Å². The Hall–Kier alpha value is -1.35. The highest BCUT2D eigenvalue weighted by Crippen LogP contribution is 2.26. The fourth-order valence-corrected chi connectivity index (χ4v) is 3.44. The van der Waals surface area contributed by atoms with E-state index in [1.54, 1.807) is 25.2 Å². The van der Waals surface area contributed by atoms with Crippen molar-refractivity contribution in [1.29, 1.82) is 0 Å². The number of aliphatic hydroxyl groups is 1. The fourth-order valence-electron chi connectivity index (χ4n) is 1.78. The standard InChI is InChI=1S/C16H23NO3S/c1-6-16(3,4)17(5)21(19,20)15-10-9-14(8-7-11-18)13(2)12-15/h9-10,12,18H,6,11H2,1-5H3. The van der Waals surface area contributed by atoms with Gasteiger partial charge in [0.1, 0.15) is 6.61 Å². The van der Waals surface area contributed by atoms with E-state index >= 15 is 0 Å². The van der Waals surface area contributed by atoms with Gasteiger partial charge in [-0.25, -0.2) is 8.42 Å². The summed E-state index contributed by atoms with van der Waals surface area (Å²) in [6.07, 6.45) is 0.724. The zero-order valence-electron chi connectivity index (χ0n) is 13.3. The van der Waals surface area contributed by atoms with Gasteiger partial charge >= 0.3 is 0 Å². The average Bonchev–Trinajstić information content (AvgIpc) is 2.44. The van der Waals surface area contributed by atoms with E-state index < -0.39 is 15.6 Å². The zero-order valence-corrected chi connectivity index (χ0v) is 14.1. The van der Waals surface area contributed by atoms with Gasteiger partial charge in [-0.1, -0.05) is 18.8 Å². The second kappa shape index (κ2) is 6.61. The maximum absolute atomic E-state index is 12.7. The van der Waals surface area contributed by atoms with Gasteiger partial charge < -0.3 is 5.11 Å². The Labute approximate surface area is 127 Å². The van der Waals surface area contributed by atoms with Gasteiger partial charge in [0.25, 0.3) is 0 Å². The zero-order chi connectivity index (χ0) is 16.3. The first-order valence-corrected chi connectivity index (χ1v) is 8.30. The van der Waals surface area contributed by atoms with Crippen molar-refractivity contribution < 1.29 is 13.5 Å². The van der Waals surface area contributed by atoms with Gasteiger partial charge in [0.05, 0.1) is 4.90 Å². The summed E-state index contributed by atoms with van der Waals surface area (Å²) in [5.41, 5.74) is 1.06. The quantitative estimate of drug-likeness (QED) is 0.867. The molecule has 0 unspecified atom stereocenters. The third kappa shape index (κ3) is 3.85. The van der Waals surface area contributed by atoms with E-state index in [2.05, 4.69) is 11.8 Å². The highest BCUT2D eigenvalue weighted by Gasteiger charge is 2.32. The molecule has 0 saturated carbocycles. The molecule has 1 rings (SSSR count).